The molecule has 3 heteroatoms. The van der Waals surface area contributed by atoms with Crippen molar-refractivity contribution >= 4 is 23.2 Å². The van der Waals surface area contributed by atoms with E-state index in [4.69, 9.17) is 14.7 Å². The Morgan fingerprint density at radius 3 is 2.12 bits per heavy atom. The van der Waals surface area contributed by atoms with Gasteiger partial charge in [-0.3, -0.25) is 0 Å². The molecule has 0 aliphatic rings. The number of nitrogens with zero attached hydrogens (tertiary/aromatic N) is 2. The van der Waals surface area contributed by atoms with E-state index >= 15 is 0 Å². The smallest absolute Gasteiger partial charge is 0.128 e. The standard InChI is InChI=1S/C23H18N2O/c1-26-22-14-8-5-11-18(22)23-21(16-15-17-9-3-2-4-10-17)24-19-12-6-7-13-20(19)25-23/h2-16H,1H3. The van der Waals surface area contributed by atoms with Crippen LogP contribution in [0.5, 0.6) is 5.75 Å². The largest absolute Gasteiger partial charge is 0.496 e. The van der Waals surface area contributed by atoms with Crippen LogP contribution in [0, 0.1) is 0 Å². The van der Waals surface area contributed by atoms with Gasteiger partial charge in [0.05, 0.1) is 23.8 Å². The topological polar surface area (TPSA) is 35.0 Å². The quantitative estimate of drug-likeness (QED) is 0.494. The van der Waals surface area contributed by atoms with Crippen LogP contribution < -0.4 is 4.74 Å². The van der Waals surface area contributed by atoms with E-state index in [1.165, 1.54) is 0 Å². The summed E-state index contributed by atoms with van der Waals surface area (Å²) < 4.78 is 5.54. The third-order valence-corrected chi connectivity index (χ3v) is 4.19. The maximum atomic E-state index is 5.54. The summed E-state index contributed by atoms with van der Waals surface area (Å²) >= 11 is 0. The third-order valence-electron chi connectivity index (χ3n) is 4.19. The van der Waals surface area contributed by atoms with Crippen LogP contribution in [0.4, 0.5) is 0 Å². The molecule has 0 amide bonds. The van der Waals surface area contributed by atoms with Gasteiger partial charge in [-0.25, -0.2) is 9.97 Å². The van der Waals surface area contributed by atoms with E-state index in [9.17, 15) is 0 Å². The zero-order chi connectivity index (χ0) is 17.8. The van der Waals surface area contributed by atoms with Crippen LogP contribution in [0.25, 0.3) is 34.4 Å². The first-order valence-electron chi connectivity index (χ1n) is 8.48. The van der Waals surface area contributed by atoms with E-state index in [0.717, 1.165) is 39.3 Å². The summed E-state index contributed by atoms with van der Waals surface area (Å²) in [7, 11) is 1.67. The lowest BCUT2D eigenvalue weighted by atomic mass is 10.1. The van der Waals surface area contributed by atoms with Gasteiger partial charge in [0.2, 0.25) is 0 Å². The Morgan fingerprint density at radius 1 is 0.692 bits per heavy atom. The third kappa shape index (κ3) is 3.20. The van der Waals surface area contributed by atoms with Crippen molar-refractivity contribution in [1.82, 2.24) is 9.97 Å². The summed E-state index contributed by atoms with van der Waals surface area (Å²) in [5.41, 5.74) is 5.42. The lowest BCUT2D eigenvalue weighted by molar-refractivity contribution is 0.416. The summed E-state index contributed by atoms with van der Waals surface area (Å²) in [5.74, 6) is 0.784. The Bertz CT molecular complexity index is 1070. The Hall–Kier alpha value is -3.46. The summed E-state index contributed by atoms with van der Waals surface area (Å²) in [6.45, 7) is 0. The number of hydrogen-bond donors (Lipinski definition) is 0. The Morgan fingerprint density at radius 2 is 1.35 bits per heavy atom. The average molecular weight is 338 g/mol. The molecule has 0 spiro atoms. The van der Waals surface area contributed by atoms with Crippen molar-refractivity contribution in [3.8, 4) is 17.0 Å². The van der Waals surface area contributed by atoms with E-state index in [2.05, 4.69) is 18.2 Å². The van der Waals surface area contributed by atoms with E-state index in [0.29, 0.717) is 0 Å². The van der Waals surface area contributed by atoms with Crippen molar-refractivity contribution in [1.29, 1.82) is 0 Å². The number of aromatic nitrogens is 2. The number of fused-ring (bicyclic) bond motifs is 1. The number of ether oxygens (including phenoxy) is 1. The van der Waals surface area contributed by atoms with Crippen LogP contribution in [0.15, 0.2) is 78.9 Å². The minimum absolute atomic E-state index is 0.784. The summed E-state index contributed by atoms with van der Waals surface area (Å²) in [6.07, 6.45) is 4.06. The van der Waals surface area contributed by atoms with E-state index in [1.54, 1.807) is 7.11 Å². The van der Waals surface area contributed by atoms with Crippen molar-refractivity contribution < 1.29 is 4.74 Å². The van der Waals surface area contributed by atoms with Crippen LogP contribution in [-0.2, 0) is 0 Å². The SMILES string of the molecule is COc1ccccc1-c1nc2ccccc2nc1C=Cc1ccccc1. The summed E-state index contributed by atoms with van der Waals surface area (Å²) in [4.78, 5) is 9.71. The van der Waals surface area contributed by atoms with Gasteiger partial charge in [0.1, 0.15) is 11.4 Å². The predicted molar refractivity (Wildman–Crippen MR) is 107 cm³/mol. The fourth-order valence-electron chi connectivity index (χ4n) is 2.91. The normalized spacial score (nSPS) is 11.1. The van der Waals surface area contributed by atoms with Crippen LogP contribution in [0.2, 0.25) is 0 Å². The van der Waals surface area contributed by atoms with Crippen molar-refractivity contribution in [2.45, 2.75) is 0 Å². The molecule has 0 bridgehead atoms. The summed E-state index contributed by atoms with van der Waals surface area (Å²) in [5, 5.41) is 0. The number of para-hydroxylation sites is 3. The lowest BCUT2D eigenvalue weighted by Crippen LogP contribution is -1.96. The highest BCUT2D eigenvalue weighted by atomic mass is 16.5. The molecule has 126 valence electrons. The molecule has 4 rings (SSSR count). The maximum absolute atomic E-state index is 5.54. The summed E-state index contributed by atoms with van der Waals surface area (Å²) in [6, 6.07) is 26.0. The molecule has 4 aromatic rings. The lowest BCUT2D eigenvalue weighted by Gasteiger charge is -2.11. The van der Waals surface area contributed by atoms with Crippen LogP contribution >= 0.6 is 0 Å². The van der Waals surface area contributed by atoms with Gasteiger partial charge >= 0.3 is 0 Å². The molecule has 0 aliphatic heterocycles. The highest BCUT2D eigenvalue weighted by Gasteiger charge is 2.13. The molecule has 0 saturated carbocycles. The van der Waals surface area contributed by atoms with Crippen molar-refractivity contribution in [2.24, 2.45) is 0 Å². The first-order chi connectivity index (χ1) is 12.8. The zero-order valence-electron chi connectivity index (χ0n) is 14.5. The van der Waals surface area contributed by atoms with Gasteiger partial charge in [-0.15, -0.1) is 0 Å². The number of benzene rings is 3. The van der Waals surface area contributed by atoms with Gasteiger partial charge in [0.25, 0.3) is 0 Å². The second-order valence-corrected chi connectivity index (χ2v) is 5.89. The molecule has 0 saturated heterocycles. The second kappa shape index (κ2) is 7.19. The van der Waals surface area contributed by atoms with Gasteiger partial charge in [-0.05, 0) is 35.9 Å². The average Bonchev–Trinajstić information content (AvgIpc) is 2.72. The van der Waals surface area contributed by atoms with Crippen LogP contribution in [0.3, 0.4) is 0 Å². The fourth-order valence-corrected chi connectivity index (χ4v) is 2.91. The molecule has 0 N–H and O–H groups in total. The first kappa shape index (κ1) is 16.0. The van der Waals surface area contributed by atoms with Crippen molar-refractivity contribution in [3.05, 3.63) is 90.1 Å². The predicted octanol–water partition coefficient (Wildman–Crippen LogP) is 5.48. The molecule has 26 heavy (non-hydrogen) atoms. The van der Waals surface area contributed by atoms with E-state index in [1.807, 2.05) is 72.8 Å². The van der Waals surface area contributed by atoms with Crippen molar-refractivity contribution in [3.63, 3.8) is 0 Å². The molecule has 0 fully saturated rings. The molecule has 0 aliphatic carbocycles. The Balaban J connectivity index is 1.91. The highest BCUT2D eigenvalue weighted by Crippen LogP contribution is 2.32. The van der Waals surface area contributed by atoms with Gasteiger partial charge < -0.3 is 4.74 Å². The minimum Gasteiger partial charge on any atom is -0.496 e. The molecule has 3 aromatic carbocycles. The van der Waals surface area contributed by atoms with Gasteiger partial charge in [-0.1, -0.05) is 60.7 Å². The second-order valence-electron chi connectivity index (χ2n) is 5.89. The molecule has 1 aromatic heterocycles. The Labute approximate surface area is 152 Å². The molecule has 0 atom stereocenters. The number of rotatable bonds is 4. The van der Waals surface area contributed by atoms with Crippen LogP contribution in [-0.4, -0.2) is 17.1 Å². The van der Waals surface area contributed by atoms with Crippen LogP contribution in [0.1, 0.15) is 11.3 Å². The van der Waals surface area contributed by atoms with Crippen molar-refractivity contribution in [2.75, 3.05) is 7.11 Å². The Kier molecular flexibility index (Phi) is 4.44. The van der Waals surface area contributed by atoms with E-state index < -0.39 is 0 Å². The molecule has 0 unspecified atom stereocenters. The van der Waals surface area contributed by atoms with Gasteiger partial charge in [0, 0.05) is 5.56 Å². The first-order valence-corrected chi connectivity index (χ1v) is 8.48. The zero-order valence-corrected chi connectivity index (χ0v) is 14.5. The molecule has 3 nitrogen and oxygen atoms in total. The monoisotopic (exact) mass is 338 g/mol. The molecular weight excluding hydrogens is 320 g/mol. The molecule has 1 heterocycles. The molecular formula is C23H18N2O. The van der Waals surface area contributed by atoms with Gasteiger partial charge in [0.15, 0.2) is 0 Å². The number of methoxy groups -OCH3 is 1. The number of hydrogen-bond acceptors (Lipinski definition) is 3. The minimum atomic E-state index is 0.784. The highest BCUT2D eigenvalue weighted by molar-refractivity contribution is 5.85. The van der Waals surface area contributed by atoms with E-state index in [-0.39, 0.29) is 0 Å². The maximum Gasteiger partial charge on any atom is 0.128 e. The molecule has 0 radical (unpaired) electrons. The fraction of sp³-hybridized carbons (Fsp3) is 0.0435. The van der Waals surface area contributed by atoms with Gasteiger partial charge in [-0.2, -0.15) is 0 Å².